The minimum Gasteiger partial charge on any atom is -0.445 e. The molecule has 0 radical (unpaired) electrons. The van der Waals surface area contributed by atoms with Crippen molar-refractivity contribution >= 4 is 18.3 Å². The molecule has 1 N–H and O–H groups in total. The number of aldehydes is 1. The van der Waals surface area contributed by atoms with Crippen molar-refractivity contribution in [1.29, 1.82) is 0 Å². The second kappa shape index (κ2) is 18.0. The molecule has 32 heavy (non-hydrogen) atoms. The smallest absolute Gasteiger partial charge is 0.410 e. The van der Waals surface area contributed by atoms with Crippen molar-refractivity contribution in [2.75, 3.05) is 39.9 Å². The van der Waals surface area contributed by atoms with Crippen molar-refractivity contribution < 1.29 is 24.2 Å². The number of hydrogen-bond donors (Lipinski definition) is 1. The number of aliphatic hydroxyl groups is 1. The van der Waals surface area contributed by atoms with Gasteiger partial charge in [0.25, 0.3) is 0 Å². The molecule has 0 bridgehead atoms. The van der Waals surface area contributed by atoms with Crippen molar-refractivity contribution in [3.8, 4) is 0 Å². The molecule has 0 aromatic rings. The van der Waals surface area contributed by atoms with Gasteiger partial charge in [-0.15, -0.1) is 0 Å². The molecular weight excluding hydrogens is 408 g/mol. The number of ether oxygens (including phenoxy) is 1. The monoisotopic (exact) mass is 448 g/mol. The van der Waals surface area contributed by atoms with E-state index in [0.29, 0.717) is 38.5 Å². The van der Waals surface area contributed by atoms with E-state index in [0.717, 1.165) is 38.2 Å². The predicted octanol–water partition coefficient (Wildman–Crippen LogP) is 3.76. The molecule has 0 atom stereocenters. The van der Waals surface area contributed by atoms with E-state index in [1.165, 1.54) is 0 Å². The van der Waals surface area contributed by atoms with E-state index in [4.69, 9.17) is 9.84 Å². The molecule has 2 aliphatic heterocycles. The van der Waals surface area contributed by atoms with Crippen LogP contribution in [0.5, 0.6) is 0 Å². The first kappa shape index (κ1) is 29.3. The average Bonchev–Trinajstić information content (AvgIpc) is 2.81. The zero-order valence-corrected chi connectivity index (χ0v) is 19.9. The fourth-order valence-electron chi connectivity index (χ4n) is 3.26. The van der Waals surface area contributed by atoms with Gasteiger partial charge in [0.2, 0.25) is 5.91 Å². The first-order valence-corrected chi connectivity index (χ1v) is 11.1. The Morgan fingerprint density at radius 3 is 2.12 bits per heavy atom. The van der Waals surface area contributed by atoms with Gasteiger partial charge in [-0.05, 0) is 44.6 Å². The summed E-state index contributed by atoms with van der Waals surface area (Å²) in [7, 11) is 1.00. The maximum atomic E-state index is 12.1. The Bertz CT molecular complexity index is 639. The maximum Gasteiger partial charge on any atom is 0.410 e. The van der Waals surface area contributed by atoms with Crippen LogP contribution < -0.4 is 0 Å². The lowest BCUT2D eigenvalue weighted by atomic mass is 9.91. The second-order valence-corrected chi connectivity index (χ2v) is 7.57. The third kappa shape index (κ3) is 11.1. The summed E-state index contributed by atoms with van der Waals surface area (Å²) >= 11 is 0. The first-order valence-electron chi connectivity index (χ1n) is 11.1. The largest absolute Gasteiger partial charge is 0.445 e. The fourth-order valence-corrected chi connectivity index (χ4v) is 3.26. The highest BCUT2D eigenvalue weighted by molar-refractivity contribution is 5.78. The normalized spacial score (nSPS) is 16.7. The van der Waals surface area contributed by atoms with Crippen LogP contribution in [0, 0.1) is 11.8 Å². The number of allylic oxidation sites excluding steroid dienone is 4. The molecule has 0 saturated carbocycles. The van der Waals surface area contributed by atoms with Gasteiger partial charge in [-0.1, -0.05) is 43.5 Å². The van der Waals surface area contributed by atoms with Gasteiger partial charge >= 0.3 is 6.09 Å². The zero-order chi connectivity index (χ0) is 24.4. The summed E-state index contributed by atoms with van der Waals surface area (Å²) in [5, 5.41) is 7.00. The van der Waals surface area contributed by atoms with E-state index in [-0.39, 0.29) is 24.5 Å². The molecule has 2 rings (SSSR count). The zero-order valence-electron chi connectivity index (χ0n) is 19.9. The second-order valence-electron chi connectivity index (χ2n) is 7.57. The van der Waals surface area contributed by atoms with Crippen LogP contribution >= 0.6 is 0 Å². The van der Waals surface area contributed by atoms with E-state index in [1.807, 2.05) is 26.0 Å². The number of likely N-dealkylation sites (tertiary alicyclic amines) is 2. The summed E-state index contributed by atoms with van der Waals surface area (Å²) in [5.74, 6) is 0.613. The van der Waals surface area contributed by atoms with Crippen LogP contribution in [0.4, 0.5) is 4.79 Å². The summed E-state index contributed by atoms with van der Waals surface area (Å²) in [4.78, 5) is 38.2. The van der Waals surface area contributed by atoms with Crippen molar-refractivity contribution in [3.63, 3.8) is 0 Å². The van der Waals surface area contributed by atoms with Gasteiger partial charge < -0.3 is 24.4 Å². The van der Waals surface area contributed by atoms with Crippen LogP contribution in [0.25, 0.3) is 0 Å². The molecular formula is C25H40N2O5. The third-order valence-corrected chi connectivity index (χ3v) is 5.38. The van der Waals surface area contributed by atoms with Crippen molar-refractivity contribution in [1.82, 2.24) is 9.80 Å². The fraction of sp³-hybridized carbons (Fsp3) is 0.560. The number of rotatable bonds is 8. The molecule has 2 saturated heterocycles. The molecule has 0 aliphatic carbocycles. The van der Waals surface area contributed by atoms with Gasteiger partial charge in [0, 0.05) is 45.6 Å². The number of hydrogen-bond acceptors (Lipinski definition) is 5. The highest BCUT2D eigenvalue weighted by atomic mass is 16.6. The average molecular weight is 449 g/mol. The Labute approximate surface area is 193 Å². The Morgan fingerprint density at radius 1 is 1.06 bits per heavy atom. The number of nitrogens with zero attached hydrogens (tertiary/aromatic N) is 2. The SMILES string of the molecule is C/C=C\C.C=C/C=C(\C=C)COC(=O)N1CCC(CCC(=O)N2CC(C=O)C2)CC1.CO. The van der Waals surface area contributed by atoms with Gasteiger partial charge in [0.05, 0.1) is 0 Å². The van der Waals surface area contributed by atoms with E-state index in [9.17, 15) is 14.4 Å². The summed E-state index contributed by atoms with van der Waals surface area (Å²) in [5.41, 5.74) is 0.810. The first-order chi connectivity index (χ1) is 15.5. The summed E-state index contributed by atoms with van der Waals surface area (Å²) < 4.78 is 5.31. The molecule has 2 heterocycles. The number of carbonyl (C=O) groups is 3. The lowest BCUT2D eigenvalue weighted by Gasteiger charge is -2.37. The number of amides is 2. The van der Waals surface area contributed by atoms with Crippen LogP contribution in [-0.2, 0) is 14.3 Å². The molecule has 180 valence electrons. The standard InChI is InChI=1S/C20H28N2O4.C4H8.CH4O/c1-3-5-16(4-2)15-26-20(25)21-10-8-17(9-11-21)6-7-19(24)22-12-18(13-22)14-23;1-3-4-2;1-2/h3-5,14,17-18H,1-2,6-13,15H2;3-4H,1-2H3;2H,1H3/b16-5+;4-3-;. The molecule has 0 spiro atoms. The van der Waals surface area contributed by atoms with Gasteiger partial charge in [-0.2, -0.15) is 0 Å². The quantitative estimate of drug-likeness (QED) is 0.347. The van der Waals surface area contributed by atoms with Crippen LogP contribution in [0.3, 0.4) is 0 Å². The molecule has 0 unspecified atom stereocenters. The molecule has 2 fully saturated rings. The van der Waals surface area contributed by atoms with Crippen molar-refractivity contribution in [3.05, 3.63) is 49.1 Å². The van der Waals surface area contributed by atoms with E-state index in [1.54, 1.807) is 28.0 Å². The predicted molar refractivity (Wildman–Crippen MR) is 128 cm³/mol. The Hall–Kier alpha value is -2.67. The van der Waals surface area contributed by atoms with Gasteiger partial charge in [0.1, 0.15) is 12.9 Å². The molecule has 7 heteroatoms. The van der Waals surface area contributed by atoms with E-state index < -0.39 is 0 Å². The summed E-state index contributed by atoms with van der Waals surface area (Å²) in [6.45, 7) is 13.9. The maximum absolute atomic E-state index is 12.1. The number of piperidine rings is 1. The lowest BCUT2D eigenvalue weighted by molar-refractivity contribution is -0.139. The molecule has 7 nitrogen and oxygen atoms in total. The summed E-state index contributed by atoms with van der Waals surface area (Å²) in [6, 6.07) is 0. The Balaban J connectivity index is 0.00000144. The Kier molecular flexibility index (Phi) is 16.5. The van der Waals surface area contributed by atoms with Crippen molar-refractivity contribution in [2.45, 2.75) is 39.5 Å². The van der Waals surface area contributed by atoms with Crippen LogP contribution in [0.15, 0.2) is 49.1 Å². The number of carbonyl (C=O) groups excluding carboxylic acids is 3. The highest BCUT2D eigenvalue weighted by Gasteiger charge is 2.30. The Morgan fingerprint density at radius 2 is 1.66 bits per heavy atom. The van der Waals surface area contributed by atoms with E-state index in [2.05, 4.69) is 13.2 Å². The van der Waals surface area contributed by atoms with Crippen LogP contribution in [-0.4, -0.2) is 73.1 Å². The van der Waals surface area contributed by atoms with Crippen LogP contribution in [0.2, 0.25) is 0 Å². The third-order valence-electron chi connectivity index (χ3n) is 5.38. The molecule has 0 aromatic heterocycles. The van der Waals surface area contributed by atoms with Crippen LogP contribution in [0.1, 0.15) is 39.5 Å². The molecule has 0 aromatic carbocycles. The van der Waals surface area contributed by atoms with Gasteiger partial charge in [-0.25, -0.2) is 4.79 Å². The topological polar surface area (TPSA) is 87.2 Å². The van der Waals surface area contributed by atoms with Crippen molar-refractivity contribution in [2.24, 2.45) is 11.8 Å². The highest BCUT2D eigenvalue weighted by Crippen LogP contribution is 2.24. The minimum absolute atomic E-state index is 0.0242. The minimum atomic E-state index is -0.308. The lowest BCUT2D eigenvalue weighted by Crippen LogP contribution is -2.50. The van der Waals surface area contributed by atoms with E-state index >= 15 is 0 Å². The summed E-state index contributed by atoms with van der Waals surface area (Å²) in [6.07, 6.45) is 12.8. The van der Waals surface area contributed by atoms with Gasteiger partial charge in [-0.3, -0.25) is 4.79 Å². The molecule has 2 amide bonds. The number of aliphatic hydroxyl groups excluding tert-OH is 1. The molecule has 2 aliphatic rings. The van der Waals surface area contributed by atoms with Gasteiger partial charge in [0.15, 0.2) is 0 Å².